The van der Waals surface area contributed by atoms with E-state index in [9.17, 15) is 4.79 Å². The summed E-state index contributed by atoms with van der Waals surface area (Å²) in [7, 11) is 0. The molecule has 1 aliphatic rings. The van der Waals surface area contributed by atoms with Gasteiger partial charge >= 0.3 is 0 Å². The summed E-state index contributed by atoms with van der Waals surface area (Å²) in [6.45, 7) is 7.81. The van der Waals surface area contributed by atoms with Crippen molar-refractivity contribution in [2.75, 3.05) is 13.2 Å². The van der Waals surface area contributed by atoms with Gasteiger partial charge < -0.3 is 19.9 Å². The van der Waals surface area contributed by atoms with Crippen molar-refractivity contribution in [2.45, 2.75) is 32.9 Å². The molecule has 2 heterocycles. The maximum absolute atomic E-state index is 13.1. The Hall–Kier alpha value is -2.86. The molecule has 0 bridgehead atoms. The van der Waals surface area contributed by atoms with Crippen LogP contribution in [0.15, 0.2) is 40.9 Å². The lowest BCUT2D eigenvalue weighted by Crippen LogP contribution is -2.41. The van der Waals surface area contributed by atoms with E-state index < -0.39 is 5.54 Å². The number of ether oxygens (including phenoxy) is 1. The molecule has 0 aliphatic carbocycles. The molecule has 2 N–H and O–H groups in total. The fourth-order valence-electron chi connectivity index (χ4n) is 3.48. The van der Waals surface area contributed by atoms with Crippen LogP contribution in [0.2, 0.25) is 0 Å². The van der Waals surface area contributed by atoms with Gasteiger partial charge in [-0.25, -0.2) is 0 Å². The molecule has 2 aromatic carbocycles. The molecule has 1 aliphatic heterocycles. The Morgan fingerprint density at radius 3 is 2.89 bits per heavy atom. The molecule has 0 fully saturated rings. The first-order valence-electron chi connectivity index (χ1n) is 9.11. The molecular formula is C21H23N3O3. The highest BCUT2D eigenvalue weighted by atomic mass is 16.5. The summed E-state index contributed by atoms with van der Waals surface area (Å²) >= 11 is 0. The number of benzene rings is 2. The lowest BCUT2D eigenvalue weighted by Gasteiger charge is -2.25. The Kier molecular flexibility index (Phi) is 4.36. The number of amides is 1. The summed E-state index contributed by atoms with van der Waals surface area (Å²) in [6.07, 6.45) is 0. The van der Waals surface area contributed by atoms with Crippen LogP contribution in [0.4, 0.5) is 0 Å². The van der Waals surface area contributed by atoms with E-state index in [4.69, 9.17) is 9.26 Å². The zero-order valence-corrected chi connectivity index (χ0v) is 15.8. The molecule has 0 radical (unpaired) electrons. The molecule has 1 aromatic heterocycles. The first-order chi connectivity index (χ1) is 13.0. The number of carbonyl (C=O) groups excluding carboxylic acids is 1. The van der Waals surface area contributed by atoms with Crippen LogP contribution < -0.4 is 15.4 Å². The van der Waals surface area contributed by atoms with Gasteiger partial charge in [0.05, 0.1) is 11.1 Å². The van der Waals surface area contributed by atoms with Gasteiger partial charge in [-0.1, -0.05) is 29.4 Å². The second kappa shape index (κ2) is 6.70. The number of fused-ring (bicyclic) bond motifs is 2. The van der Waals surface area contributed by atoms with Crippen molar-refractivity contribution in [1.29, 1.82) is 0 Å². The molecule has 0 spiro atoms. The quantitative estimate of drug-likeness (QED) is 0.745. The third-order valence-electron chi connectivity index (χ3n) is 4.90. The minimum Gasteiger partial charge on any atom is -0.491 e. The number of nitrogens with one attached hydrogen (secondary N) is 2. The highest BCUT2D eigenvalue weighted by Gasteiger charge is 2.31. The van der Waals surface area contributed by atoms with E-state index in [1.807, 2.05) is 51.1 Å². The van der Waals surface area contributed by atoms with Crippen molar-refractivity contribution in [2.24, 2.45) is 0 Å². The largest absolute Gasteiger partial charge is 0.491 e. The fourth-order valence-corrected chi connectivity index (χ4v) is 3.48. The molecule has 0 atom stereocenters. The van der Waals surface area contributed by atoms with E-state index in [2.05, 4.69) is 15.8 Å². The number of aromatic nitrogens is 1. The summed E-state index contributed by atoms with van der Waals surface area (Å²) < 4.78 is 11.4. The minimum absolute atomic E-state index is 0.192. The van der Waals surface area contributed by atoms with Crippen LogP contribution in [0.1, 0.15) is 41.0 Å². The standard InChI is InChI=1S/C21H23N3O3/c1-13-6-4-8-15-17(13)27-24-19(15)21(2,3)23-20(25)16-9-5-7-14-12-22-10-11-26-18(14)16/h4-9,22H,10-12H2,1-3H3,(H,23,25). The summed E-state index contributed by atoms with van der Waals surface area (Å²) in [5.41, 5.74) is 3.29. The maximum atomic E-state index is 13.1. The lowest BCUT2D eigenvalue weighted by atomic mass is 9.95. The second-order valence-corrected chi connectivity index (χ2v) is 7.38. The van der Waals surface area contributed by atoms with Crippen molar-refractivity contribution in [3.05, 3.63) is 58.8 Å². The first kappa shape index (κ1) is 17.5. The smallest absolute Gasteiger partial charge is 0.255 e. The molecule has 27 heavy (non-hydrogen) atoms. The second-order valence-electron chi connectivity index (χ2n) is 7.38. The zero-order valence-electron chi connectivity index (χ0n) is 15.8. The number of nitrogens with zero attached hydrogens (tertiary/aromatic N) is 1. The number of hydrogen-bond donors (Lipinski definition) is 2. The average Bonchev–Trinajstić information content (AvgIpc) is 2.94. The van der Waals surface area contributed by atoms with Gasteiger partial charge in [0.1, 0.15) is 18.1 Å². The van der Waals surface area contributed by atoms with Crippen LogP contribution in [-0.2, 0) is 12.1 Å². The van der Waals surface area contributed by atoms with Crippen molar-refractivity contribution in [3.63, 3.8) is 0 Å². The Morgan fingerprint density at radius 2 is 2.04 bits per heavy atom. The van der Waals surface area contributed by atoms with Crippen molar-refractivity contribution in [3.8, 4) is 5.75 Å². The van der Waals surface area contributed by atoms with E-state index in [1.165, 1.54) is 0 Å². The van der Waals surface area contributed by atoms with Gasteiger partial charge in [0.2, 0.25) is 0 Å². The van der Waals surface area contributed by atoms with E-state index >= 15 is 0 Å². The third kappa shape index (κ3) is 3.17. The average molecular weight is 365 g/mol. The highest BCUT2D eigenvalue weighted by Crippen LogP contribution is 2.31. The SMILES string of the molecule is Cc1cccc2c(C(C)(C)NC(=O)c3cccc4c3OCCNC4)noc12. The Labute approximate surface area is 157 Å². The summed E-state index contributed by atoms with van der Waals surface area (Å²) in [5, 5.41) is 11.5. The van der Waals surface area contributed by atoms with Gasteiger partial charge in [-0.05, 0) is 38.5 Å². The molecule has 140 valence electrons. The van der Waals surface area contributed by atoms with Gasteiger partial charge in [-0.3, -0.25) is 4.79 Å². The van der Waals surface area contributed by atoms with Crippen LogP contribution in [-0.4, -0.2) is 24.2 Å². The summed E-state index contributed by atoms with van der Waals surface area (Å²) in [5.74, 6) is 0.458. The van der Waals surface area contributed by atoms with Crippen LogP contribution in [0.25, 0.3) is 11.0 Å². The van der Waals surface area contributed by atoms with Crippen LogP contribution in [0.3, 0.4) is 0 Å². The van der Waals surface area contributed by atoms with Gasteiger partial charge in [0.25, 0.3) is 5.91 Å². The predicted molar refractivity (Wildman–Crippen MR) is 103 cm³/mol. The molecule has 6 heteroatoms. The maximum Gasteiger partial charge on any atom is 0.255 e. The Balaban J connectivity index is 1.67. The molecule has 0 saturated heterocycles. The van der Waals surface area contributed by atoms with Crippen molar-refractivity contribution in [1.82, 2.24) is 15.8 Å². The first-order valence-corrected chi connectivity index (χ1v) is 9.11. The van der Waals surface area contributed by atoms with E-state index in [-0.39, 0.29) is 5.91 Å². The number of carbonyl (C=O) groups is 1. The third-order valence-corrected chi connectivity index (χ3v) is 4.90. The minimum atomic E-state index is -0.707. The topological polar surface area (TPSA) is 76.4 Å². The molecule has 3 aromatic rings. The van der Waals surface area contributed by atoms with Gasteiger partial charge in [-0.2, -0.15) is 0 Å². The van der Waals surface area contributed by atoms with E-state index in [0.717, 1.165) is 28.6 Å². The number of para-hydroxylation sites is 2. The van der Waals surface area contributed by atoms with Crippen LogP contribution >= 0.6 is 0 Å². The predicted octanol–water partition coefficient (Wildman–Crippen LogP) is 3.28. The molecule has 4 rings (SSSR count). The van der Waals surface area contributed by atoms with Crippen molar-refractivity contribution < 1.29 is 14.1 Å². The van der Waals surface area contributed by atoms with E-state index in [1.54, 1.807) is 6.07 Å². The number of hydrogen-bond acceptors (Lipinski definition) is 5. The fraction of sp³-hybridized carbons (Fsp3) is 0.333. The van der Waals surface area contributed by atoms with Gasteiger partial charge in [0.15, 0.2) is 5.58 Å². The van der Waals surface area contributed by atoms with E-state index in [0.29, 0.717) is 30.2 Å². The lowest BCUT2D eigenvalue weighted by molar-refractivity contribution is 0.0905. The highest BCUT2D eigenvalue weighted by molar-refractivity contribution is 5.98. The van der Waals surface area contributed by atoms with Crippen molar-refractivity contribution >= 4 is 16.9 Å². The van der Waals surface area contributed by atoms with Crippen LogP contribution in [0.5, 0.6) is 5.75 Å². The summed E-state index contributed by atoms with van der Waals surface area (Å²) in [4.78, 5) is 13.1. The Morgan fingerprint density at radius 1 is 1.22 bits per heavy atom. The zero-order chi connectivity index (χ0) is 19.0. The normalized spacial score (nSPS) is 14.3. The molecule has 6 nitrogen and oxygen atoms in total. The van der Waals surface area contributed by atoms with Gasteiger partial charge in [0, 0.05) is 24.0 Å². The molecule has 0 saturated carbocycles. The van der Waals surface area contributed by atoms with Gasteiger partial charge in [-0.15, -0.1) is 0 Å². The molecule has 0 unspecified atom stereocenters. The number of rotatable bonds is 3. The summed E-state index contributed by atoms with van der Waals surface area (Å²) in [6, 6.07) is 11.6. The van der Waals surface area contributed by atoms with Crippen LogP contribution in [0, 0.1) is 6.92 Å². The molecule has 1 amide bonds. The molecular weight excluding hydrogens is 342 g/mol. The monoisotopic (exact) mass is 365 g/mol. The Bertz CT molecular complexity index is 1010. The number of aryl methyl sites for hydroxylation is 1.